The molecule has 1 heterocycles. The summed E-state index contributed by atoms with van der Waals surface area (Å²) in [5, 5.41) is 0. The maximum atomic E-state index is 11.2. The van der Waals surface area contributed by atoms with Gasteiger partial charge in [0.2, 0.25) is 0 Å². The van der Waals surface area contributed by atoms with Gasteiger partial charge in [0, 0.05) is 0 Å². The van der Waals surface area contributed by atoms with Crippen LogP contribution in [0.25, 0.3) is 10.4 Å². The fraction of sp³-hybridized carbons (Fsp3) is 0. The Hall–Kier alpha value is -0.450. The van der Waals surface area contributed by atoms with Gasteiger partial charge < -0.3 is 0 Å². The predicted octanol–water partition coefficient (Wildman–Crippen LogP) is 3.60. The highest BCUT2D eigenvalue weighted by molar-refractivity contribution is 9.10. The van der Waals surface area contributed by atoms with Gasteiger partial charge in [0.05, 0.1) is 9.35 Å². The summed E-state index contributed by atoms with van der Waals surface area (Å²) in [6.45, 7) is 0. The Morgan fingerprint density at radius 1 is 1.08 bits per heavy atom. The quantitative estimate of drug-likeness (QED) is 0.725. The molecule has 0 aliphatic rings. The third-order valence-corrected chi connectivity index (χ3v) is 5.15. The zero-order valence-electron chi connectivity index (χ0n) is 6.49. The van der Waals surface area contributed by atoms with Gasteiger partial charge in [-0.15, -0.1) is 0 Å². The third kappa shape index (κ3) is 1.75. The van der Waals surface area contributed by atoms with E-state index in [0.717, 1.165) is 10.4 Å². The van der Waals surface area contributed by atoms with E-state index in [9.17, 15) is 4.79 Å². The molecular formula is C9H5BrOS2. The maximum Gasteiger partial charge on any atom is 0.257 e. The van der Waals surface area contributed by atoms with Gasteiger partial charge in [0.25, 0.3) is 4.74 Å². The molecule has 0 bridgehead atoms. The number of halogens is 1. The van der Waals surface area contributed by atoms with Crippen LogP contribution in [0.1, 0.15) is 0 Å². The number of hydrogen-bond donors (Lipinski definition) is 0. The number of benzene rings is 1. The Kier molecular flexibility index (Phi) is 2.62. The zero-order valence-corrected chi connectivity index (χ0v) is 9.71. The average Bonchev–Trinajstić information content (AvgIpc) is 2.49. The summed E-state index contributed by atoms with van der Waals surface area (Å²) < 4.78 is 0.789. The topological polar surface area (TPSA) is 17.1 Å². The lowest BCUT2D eigenvalue weighted by Crippen LogP contribution is -1.88. The molecule has 66 valence electrons. The SMILES string of the molecule is O=c1ssc(-c2ccccc2)c1Br. The molecule has 13 heavy (non-hydrogen) atoms. The van der Waals surface area contributed by atoms with Gasteiger partial charge in [-0.05, 0) is 31.8 Å². The molecule has 0 N–H and O–H groups in total. The van der Waals surface area contributed by atoms with E-state index >= 15 is 0 Å². The minimum absolute atomic E-state index is 0.101. The molecule has 0 unspecified atom stereocenters. The normalized spacial score (nSPS) is 10.2. The molecule has 1 aromatic heterocycles. The Morgan fingerprint density at radius 3 is 2.31 bits per heavy atom. The van der Waals surface area contributed by atoms with Crippen molar-refractivity contribution in [1.82, 2.24) is 0 Å². The molecular weight excluding hydrogens is 268 g/mol. The molecule has 4 heteroatoms. The van der Waals surface area contributed by atoms with E-state index < -0.39 is 0 Å². The van der Waals surface area contributed by atoms with Gasteiger partial charge in [0.1, 0.15) is 0 Å². The first-order valence-corrected chi connectivity index (χ1v) is 6.57. The van der Waals surface area contributed by atoms with Crippen molar-refractivity contribution in [2.45, 2.75) is 0 Å². The van der Waals surface area contributed by atoms with Crippen molar-refractivity contribution in [3.8, 4) is 10.4 Å². The molecule has 0 amide bonds. The highest BCUT2D eigenvalue weighted by atomic mass is 79.9. The average molecular weight is 273 g/mol. The molecule has 0 aliphatic heterocycles. The molecule has 2 aromatic rings. The second-order valence-electron chi connectivity index (χ2n) is 2.46. The standard InChI is InChI=1S/C9H5BrOS2/c10-7-8(12-13-9(7)11)6-4-2-1-3-5-6/h1-5H. The fourth-order valence-electron chi connectivity index (χ4n) is 1.01. The van der Waals surface area contributed by atoms with Gasteiger partial charge >= 0.3 is 0 Å². The molecule has 1 aromatic carbocycles. The van der Waals surface area contributed by atoms with Crippen molar-refractivity contribution in [1.29, 1.82) is 0 Å². The van der Waals surface area contributed by atoms with E-state index in [4.69, 9.17) is 0 Å². The fourth-order valence-corrected chi connectivity index (χ4v) is 4.43. The summed E-state index contributed by atoms with van der Waals surface area (Å²) in [7, 11) is 2.78. The van der Waals surface area contributed by atoms with Gasteiger partial charge in [-0.2, -0.15) is 0 Å². The van der Waals surface area contributed by atoms with Crippen LogP contribution in [0.2, 0.25) is 0 Å². The Bertz CT molecular complexity index is 458. The largest absolute Gasteiger partial charge is 0.276 e. The highest BCUT2D eigenvalue weighted by Gasteiger charge is 2.08. The molecule has 0 radical (unpaired) electrons. The van der Waals surface area contributed by atoms with E-state index in [1.54, 1.807) is 0 Å². The van der Waals surface area contributed by atoms with Crippen LogP contribution in [0.15, 0.2) is 39.6 Å². The van der Waals surface area contributed by atoms with Crippen LogP contribution in [0.4, 0.5) is 0 Å². The molecule has 2 rings (SSSR count). The van der Waals surface area contributed by atoms with E-state index in [1.807, 2.05) is 30.3 Å². The van der Waals surface area contributed by atoms with Crippen LogP contribution in [-0.2, 0) is 0 Å². The van der Waals surface area contributed by atoms with Gasteiger partial charge in [0.15, 0.2) is 0 Å². The molecule has 0 atom stereocenters. The molecule has 0 saturated heterocycles. The summed E-state index contributed by atoms with van der Waals surface area (Å²) >= 11 is 3.30. The van der Waals surface area contributed by atoms with Gasteiger partial charge in [-0.1, -0.05) is 40.7 Å². The molecule has 0 spiro atoms. The van der Waals surface area contributed by atoms with Crippen LogP contribution in [0, 0.1) is 0 Å². The first-order chi connectivity index (χ1) is 6.29. The van der Waals surface area contributed by atoms with Crippen molar-refractivity contribution in [2.75, 3.05) is 0 Å². The summed E-state index contributed by atoms with van der Waals surface area (Å²) in [5.41, 5.74) is 1.10. The summed E-state index contributed by atoms with van der Waals surface area (Å²) in [6, 6.07) is 9.91. The van der Waals surface area contributed by atoms with E-state index in [1.165, 1.54) is 20.7 Å². The first kappa shape index (κ1) is 9.12. The molecule has 0 aliphatic carbocycles. The van der Waals surface area contributed by atoms with Crippen LogP contribution in [0.5, 0.6) is 0 Å². The van der Waals surface area contributed by atoms with E-state index in [2.05, 4.69) is 15.9 Å². The van der Waals surface area contributed by atoms with Crippen molar-refractivity contribution in [3.05, 3.63) is 44.3 Å². The summed E-state index contributed by atoms with van der Waals surface area (Å²) in [5.74, 6) is 0. The number of rotatable bonds is 1. The molecule has 0 fully saturated rings. The maximum absolute atomic E-state index is 11.2. The second kappa shape index (κ2) is 3.74. The molecule has 1 nitrogen and oxygen atoms in total. The van der Waals surface area contributed by atoms with Crippen molar-refractivity contribution >= 4 is 36.6 Å². The minimum atomic E-state index is 0.101. The summed E-state index contributed by atoms with van der Waals surface area (Å²) in [4.78, 5) is 12.2. The smallest absolute Gasteiger partial charge is 0.257 e. The Balaban J connectivity index is 2.60. The van der Waals surface area contributed by atoms with Crippen LogP contribution >= 0.6 is 36.6 Å². The van der Waals surface area contributed by atoms with Gasteiger partial charge in [-0.25, -0.2) is 0 Å². The number of hydrogen-bond acceptors (Lipinski definition) is 3. The van der Waals surface area contributed by atoms with Crippen molar-refractivity contribution in [2.24, 2.45) is 0 Å². The highest BCUT2D eigenvalue weighted by Crippen LogP contribution is 2.32. The lowest BCUT2D eigenvalue weighted by Gasteiger charge is -1.94. The van der Waals surface area contributed by atoms with Crippen molar-refractivity contribution in [3.63, 3.8) is 0 Å². The minimum Gasteiger partial charge on any atom is -0.276 e. The van der Waals surface area contributed by atoms with Crippen LogP contribution in [0.3, 0.4) is 0 Å². The first-order valence-electron chi connectivity index (χ1n) is 3.63. The Morgan fingerprint density at radius 2 is 1.77 bits per heavy atom. The predicted molar refractivity (Wildman–Crippen MR) is 61.6 cm³/mol. The van der Waals surface area contributed by atoms with E-state index in [-0.39, 0.29) is 4.74 Å². The third-order valence-electron chi connectivity index (χ3n) is 1.62. The van der Waals surface area contributed by atoms with Crippen molar-refractivity contribution < 1.29 is 0 Å². The zero-order chi connectivity index (χ0) is 9.26. The monoisotopic (exact) mass is 272 g/mol. The summed E-state index contributed by atoms with van der Waals surface area (Å²) in [6.07, 6.45) is 0. The van der Waals surface area contributed by atoms with Crippen LogP contribution in [-0.4, -0.2) is 0 Å². The van der Waals surface area contributed by atoms with Gasteiger partial charge in [-0.3, -0.25) is 4.79 Å². The lowest BCUT2D eigenvalue weighted by atomic mass is 10.2. The second-order valence-corrected chi connectivity index (χ2v) is 5.37. The lowest BCUT2D eigenvalue weighted by molar-refractivity contribution is 1.66. The van der Waals surface area contributed by atoms with Crippen LogP contribution < -0.4 is 4.74 Å². The molecule has 0 saturated carbocycles. The van der Waals surface area contributed by atoms with E-state index in [0.29, 0.717) is 4.47 Å². The Labute approximate surface area is 91.2 Å².